The molecule has 0 aromatic carbocycles. The van der Waals surface area contributed by atoms with Crippen molar-refractivity contribution in [3.05, 3.63) is 24.0 Å². The number of carbonyl (C=O) groups is 1. The number of amides is 1. The maximum absolute atomic E-state index is 12.5. The number of nitrogens with zero attached hydrogens (tertiary/aromatic N) is 1. The van der Waals surface area contributed by atoms with Crippen molar-refractivity contribution in [2.45, 2.75) is 40.2 Å². The van der Waals surface area contributed by atoms with Crippen molar-refractivity contribution in [1.82, 2.24) is 10.3 Å². The number of carbonyl (C=O) groups excluding carboxylic acids is 1. The first-order valence-corrected chi connectivity index (χ1v) is 8.04. The second-order valence-electron chi connectivity index (χ2n) is 6.71. The maximum atomic E-state index is 12.5. The molecular weight excluding hydrogens is 311 g/mol. The van der Waals surface area contributed by atoms with Crippen molar-refractivity contribution in [2.75, 3.05) is 0 Å². The Kier molecular flexibility index (Phi) is 3.52. The third-order valence-electron chi connectivity index (χ3n) is 5.53. The summed E-state index contributed by atoms with van der Waals surface area (Å²) in [5.41, 5.74) is -0.514. The number of rotatable bonds is 4. The van der Waals surface area contributed by atoms with Crippen LogP contribution >= 0.6 is 0 Å². The summed E-state index contributed by atoms with van der Waals surface area (Å²) in [6, 6.07) is 1.13. The highest BCUT2D eigenvalue weighted by molar-refractivity contribution is 7.81. The molecule has 0 radical (unpaired) electrons. The Morgan fingerprint density at radius 3 is 2.18 bits per heavy atom. The van der Waals surface area contributed by atoms with Crippen molar-refractivity contribution >= 4 is 16.4 Å². The molecule has 1 aromatic heterocycles. The third-order valence-corrected chi connectivity index (χ3v) is 5.93. The molecule has 1 aliphatic rings. The third kappa shape index (κ3) is 2.45. The number of halogens is 1. The second kappa shape index (κ2) is 4.65. The lowest BCUT2D eigenvalue weighted by Gasteiger charge is -2.18. The Hall–Kier alpha value is -1.70. The van der Waals surface area contributed by atoms with Crippen LogP contribution in [0.2, 0.25) is 0 Å². The van der Waals surface area contributed by atoms with Gasteiger partial charge in [-0.2, -0.15) is 8.42 Å². The second-order valence-corrected chi connectivity index (χ2v) is 7.67. The Bertz CT molecular complexity index is 714. The Morgan fingerprint density at radius 1 is 1.18 bits per heavy atom. The van der Waals surface area contributed by atoms with Gasteiger partial charge in [0.1, 0.15) is 0 Å². The molecule has 22 heavy (non-hydrogen) atoms. The van der Waals surface area contributed by atoms with Crippen LogP contribution in [0.15, 0.2) is 18.5 Å². The van der Waals surface area contributed by atoms with Crippen LogP contribution < -0.4 is 9.50 Å². The minimum absolute atomic E-state index is 0.0977. The molecule has 1 heterocycles. The van der Waals surface area contributed by atoms with Gasteiger partial charge in [0.2, 0.25) is 0 Å². The molecule has 1 amide bonds. The number of aromatic nitrogens is 1. The van der Waals surface area contributed by atoms with Gasteiger partial charge in [-0.25, -0.2) is 0 Å². The molecule has 1 aromatic rings. The van der Waals surface area contributed by atoms with Gasteiger partial charge in [-0.15, -0.1) is 0 Å². The van der Waals surface area contributed by atoms with Crippen LogP contribution in [-0.2, 0) is 10.5 Å². The van der Waals surface area contributed by atoms with Crippen molar-refractivity contribution < 1.29 is 21.3 Å². The van der Waals surface area contributed by atoms with Gasteiger partial charge in [-0.05, 0) is 23.8 Å². The van der Waals surface area contributed by atoms with Crippen molar-refractivity contribution in [1.29, 1.82) is 0 Å². The Balaban J connectivity index is 2.20. The molecule has 1 aliphatic carbocycles. The lowest BCUT2D eigenvalue weighted by Crippen LogP contribution is -2.40. The molecule has 6 nitrogen and oxygen atoms in total. The zero-order valence-electron chi connectivity index (χ0n) is 13.1. The first kappa shape index (κ1) is 16.7. The van der Waals surface area contributed by atoms with E-state index in [1.807, 2.05) is 6.92 Å². The molecule has 1 N–H and O–H groups in total. The standard InChI is InChI=1S/C14H19FN2O4S/c1-12(2)13(3,4)14(12,5)17-11(18)9-6-10(8-16-7-9)21-22(15,19)20/h6-8H,1-5H3,(H,17,18). The topological polar surface area (TPSA) is 85.4 Å². The summed E-state index contributed by atoms with van der Waals surface area (Å²) in [5.74, 6) is -0.773. The molecular formula is C14H19FN2O4S. The highest BCUT2D eigenvalue weighted by Crippen LogP contribution is 2.71. The van der Waals surface area contributed by atoms with E-state index < -0.39 is 22.0 Å². The van der Waals surface area contributed by atoms with Gasteiger partial charge in [0.05, 0.1) is 11.8 Å². The molecule has 0 saturated heterocycles. The van der Waals surface area contributed by atoms with Gasteiger partial charge in [-0.3, -0.25) is 9.78 Å². The summed E-state index contributed by atoms with van der Waals surface area (Å²) in [6.07, 6.45) is 2.28. The van der Waals surface area contributed by atoms with Crippen LogP contribution in [0.5, 0.6) is 5.75 Å². The normalized spacial score (nSPS) is 21.0. The van der Waals surface area contributed by atoms with E-state index in [-0.39, 0.29) is 22.1 Å². The summed E-state index contributed by atoms with van der Waals surface area (Å²) in [7, 11) is -5.15. The molecule has 8 heteroatoms. The molecule has 1 saturated carbocycles. The molecule has 0 spiro atoms. The van der Waals surface area contributed by atoms with Gasteiger partial charge in [0.25, 0.3) is 5.91 Å². The van der Waals surface area contributed by atoms with E-state index in [9.17, 15) is 17.1 Å². The van der Waals surface area contributed by atoms with E-state index in [0.29, 0.717) is 0 Å². The minimum atomic E-state index is -5.15. The SMILES string of the molecule is CC1(C)C(C)(C)C1(C)NC(=O)c1cncc(OS(=O)(=O)F)c1. The summed E-state index contributed by atoms with van der Waals surface area (Å²) < 4.78 is 37.5. The molecule has 0 bridgehead atoms. The highest BCUT2D eigenvalue weighted by atomic mass is 32.3. The van der Waals surface area contributed by atoms with Gasteiger partial charge < -0.3 is 9.50 Å². The van der Waals surface area contributed by atoms with Gasteiger partial charge in [0.15, 0.2) is 5.75 Å². The van der Waals surface area contributed by atoms with Crippen LogP contribution in [0.3, 0.4) is 0 Å². The van der Waals surface area contributed by atoms with Crippen molar-refractivity contribution in [3.8, 4) is 5.75 Å². The molecule has 122 valence electrons. The lowest BCUT2D eigenvalue weighted by atomic mass is 10.0. The lowest BCUT2D eigenvalue weighted by molar-refractivity contribution is 0.0920. The predicted molar refractivity (Wildman–Crippen MR) is 78.3 cm³/mol. The van der Waals surface area contributed by atoms with E-state index in [2.05, 4.69) is 42.2 Å². The van der Waals surface area contributed by atoms with Crippen LogP contribution in [-0.4, -0.2) is 24.8 Å². The van der Waals surface area contributed by atoms with Gasteiger partial charge in [-0.1, -0.05) is 31.6 Å². The largest absolute Gasteiger partial charge is 0.488 e. The van der Waals surface area contributed by atoms with E-state index in [1.165, 1.54) is 6.20 Å². The molecule has 1 fully saturated rings. The van der Waals surface area contributed by atoms with Crippen molar-refractivity contribution in [3.63, 3.8) is 0 Å². The zero-order valence-corrected chi connectivity index (χ0v) is 13.9. The number of hydrogen-bond donors (Lipinski definition) is 1. The van der Waals surface area contributed by atoms with Crippen LogP contribution in [0, 0.1) is 10.8 Å². The molecule has 0 aliphatic heterocycles. The van der Waals surface area contributed by atoms with E-state index in [4.69, 9.17) is 0 Å². The first-order valence-electron chi connectivity index (χ1n) is 6.73. The average Bonchev–Trinajstić information content (AvgIpc) is 2.64. The summed E-state index contributed by atoms with van der Waals surface area (Å²) in [5, 5.41) is 2.94. The highest BCUT2D eigenvalue weighted by Gasteiger charge is 2.75. The quantitative estimate of drug-likeness (QED) is 0.856. The monoisotopic (exact) mass is 330 g/mol. The number of nitrogens with one attached hydrogen (secondary N) is 1. The maximum Gasteiger partial charge on any atom is 0.488 e. The van der Waals surface area contributed by atoms with Crippen LogP contribution in [0.4, 0.5) is 3.89 Å². The average molecular weight is 330 g/mol. The number of hydrogen-bond acceptors (Lipinski definition) is 5. The van der Waals surface area contributed by atoms with E-state index >= 15 is 0 Å². The zero-order chi connectivity index (χ0) is 17.0. The predicted octanol–water partition coefficient (Wildman–Crippen LogP) is 2.23. The fourth-order valence-corrected chi connectivity index (χ4v) is 3.23. The summed E-state index contributed by atoms with van der Waals surface area (Å²) in [4.78, 5) is 16.0. The molecule has 2 rings (SSSR count). The van der Waals surface area contributed by atoms with Crippen LogP contribution in [0.1, 0.15) is 45.0 Å². The van der Waals surface area contributed by atoms with Gasteiger partial charge >= 0.3 is 10.5 Å². The fraction of sp³-hybridized carbons (Fsp3) is 0.571. The molecule has 0 atom stereocenters. The van der Waals surface area contributed by atoms with Crippen molar-refractivity contribution in [2.24, 2.45) is 10.8 Å². The number of pyridine rings is 1. The van der Waals surface area contributed by atoms with E-state index in [0.717, 1.165) is 12.3 Å². The van der Waals surface area contributed by atoms with E-state index in [1.54, 1.807) is 0 Å². The smallest absolute Gasteiger partial charge is 0.357 e. The van der Waals surface area contributed by atoms with Gasteiger partial charge in [0, 0.05) is 11.7 Å². The van der Waals surface area contributed by atoms with Crippen LogP contribution in [0.25, 0.3) is 0 Å². The molecule has 0 unspecified atom stereocenters. The summed E-state index contributed by atoms with van der Waals surface area (Å²) in [6.45, 7) is 10.2. The fourth-order valence-electron chi connectivity index (χ4n) is 2.91. The Morgan fingerprint density at radius 2 is 1.73 bits per heavy atom. The summed E-state index contributed by atoms with van der Waals surface area (Å²) >= 11 is 0. The minimum Gasteiger partial charge on any atom is -0.357 e. The first-order chi connectivity index (χ1) is 9.82. The Labute approximate surface area is 129 Å².